The number of rotatable bonds is 3. The lowest BCUT2D eigenvalue weighted by Gasteiger charge is -2.51. The molecule has 2 nitrogen and oxygen atoms in total. The maximum Gasteiger partial charge on any atom is 0.0336 e. The summed E-state index contributed by atoms with van der Waals surface area (Å²) in [5.74, 6) is 0.955. The van der Waals surface area contributed by atoms with Crippen molar-refractivity contribution in [2.45, 2.75) is 77.7 Å². The van der Waals surface area contributed by atoms with Gasteiger partial charge < -0.3 is 5.73 Å². The van der Waals surface area contributed by atoms with Gasteiger partial charge in [0.15, 0.2) is 0 Å². The third-order valence-electron chi connectivity index (χ3n) is 5.78. The predicted molar refractivity (Wildman–Crippen MR) is 83.2 cm³/mol. The van der Waals surface area contributed by atoms with Crippen LogP contribution < -0.4 is 5.73 Å². The monoisotopic (exact) mass is 266 g/mol. The Morgan fingerprint density at radius 2 is 1.89 bits per heavy atom. The summed E-state index contributed by atoms with van der Waals surface area (Å²) in [6, 6.07) is 0. The second kappa shape index (κ2) is 6.13. The van der Waals surface area contributed by atoms with Gasteiger partial charge in [0.05, 0.1) is 0 Å². The number of hydrogen-bond donors (Lipinski definition) is 1. The van der Waals surface area contributed by atoms with Gasteiger partial charge in [-0.15, -0.1) is 0 Å². The Morgan fingerprint density at radius 1 is 1.11 bits per heavy atom. The molecule has 2 unspecified atom stereocenters. The molecule has 1 heterocycles. The Labute approximate surface area is 120 Å². The van der Waals surface area contributed by atoms with Gasteiger partial charge in [0, 0.05) is 12.1 Å². The van der Waals surface area contributed by atoms with E-state index in [9.17, 15) is 0 Å². The highest BCUT2D eigenvalue weighted by Gasteiger charge is 2.43. The van der Waals surface area contributed by atoms with Crippen molar-refractivity contribution in [2.24, 2.45) is 17.1 Å². The number of hydrogen-bond acceptors (Lipinski definition) is 2. The molecule has 1 aliphatic heterocycles. The van der Waals surface area contributed by atoms with Crippen molar-refractivity contribution in [1.29, 1.82) is 0 Å². The van der Waals surface area contributed by atoms with E-state index in [0.717, 1.165) is 12.5 Å². The molecule has 0 amide bonds. The number of nitrogens with zero attached hydrogens (tertiary/aromatic N) is 1. The summed E-state index contributed by atoms with van der Waals surface area (Å²) in [4.78, 5) is 2.78. The van der Waals surface area contributed by atoms with Crippen LogP contribution in [-0.4, -0.2) is 30.1 Å². The average molecular weight is 266 g/mol. The fraction of sp³-hybridized carbons (Fsp3) is 1.00. The topological polar surface area (TPSA) is 29.3 Å². The van der Waals surface area contributed by atoms with E-state index in [1.54, 1.807) is 0 Å². The number of nitrogens with two attached hydrogens (primary N) is 1. The van der Waals surface area contributed by atoms with Crippen molar-refractivity contribution in [2.75, 3.05) is 19.6 Å². The van der Waals surface area contributed by atoms with Crippen LogP contribution in [-0.2, 0) is 0 Å². The van der Waals surface area contributed by atoms with Gasteiger partial charge in [-0.2, -0.15) is 0 Å². The molecule has 19 heavy (non-hydrogen) atoms. The summed E-state index contributed by atoms with van der Waals surface area (Å²) in [6.07, 6.45) is 10.9. The van der Waals surface area contributed by atoms with Gasteiger partial charge in [0.25, 0.3) is 0 Å². The molecular formula is C17H34N2. The minimum Gasteiger partial charge on any atom is -0.329 e. The van der Waals surface area contributed by atoms with Crippen molar-refractivity contribution in [1.82, 2.24) is 4.90 Å². The molecule has 2 atom stereocenters. The Balaban J connectivity index is 2.08. The largest absolute Gasteiger partial charge is 0.329 e. The molecule has 112 valence electrons. The Morgan fingerprint density at radius 3 is 2.53 bits per heavy atom. The van der Waals surface area contributed by atoms with Gasteiger partial charge in [-0.25, -0.2) is 0 Å². The standard InChI is InChI=1S/C17H34N2/c1-4-15-7-5-11-19(12-8-15)17(14-18)10-6-9-16(2,3)13-17/h15H,4-14,18H2,1-3H3. The summed E-state index contributed by atoms with van der Waals surface area (Å²) >= 11 is 0. The summed E-state index contributed by atoms with van der Waals surface area (Å²) in [5, 5.41) is 0. The first-order valence-electron chi connectivity index (χ1n) is 8.46. The van der Waals surface area contributed by atoms with Crippen LogP contribution >= 0.6 is 0 Å². The van der Waals surface area contributed by atoms with Crippen LogP contribution in [0, 0.1) is 11.3 Å². The lowest BCUT2D eigenvalue weighted by Crippen LogP contribution is -2.58. The molecule has 2 aliphatic rings. The zero-order chi connectivity index (χ0) is 13.9. The quantitative estimate of drug-likeness (QED) is 0.842. The molecule has 0 radical (unpaired) electrons. The third-order valence-corrected chi connectivity index (χ3v) is 5.78. The Hall–Kier alpha value is -0.0800. The average Bonchev–Trinajstić information content (AvgIpc) is 2.63. The lowest BCUT2D eigenvalue weighted by atomic mass is 9.67. The molecular weight excluding hydrogens is 232 g/mol. The fourth-order valence-electron chi connectivity index (χ4n) is 4.58. The minimum atomic E-state index is 0.310. The van der Waals surface area contributed by atoms with Crippen LogP contribution in [0.2, 0.25) is 0 Å². The summed E-state index contributed by atoms with van der Waals surface area (Å²) in [7, 11) is 0. The van der Waals surface area contributed by atoms with E-state index in [0.29, 0.717) is 11.0 Å². The summed E-state index contributed by atoms with van der Waals surface area (Å²) < 4.78 is 0. The zero-order valence-corrected chi connectivity index (χ0v) is 13.4. The second-order valence-electron chi connectivity index (χ2n) is 7.82. The van der Waals surface area contributed by atoms with Crippen molar-refractivity contribution in [3.63, 3.8) is 0 Å². The molecule has 2 rings (SSSR count). The Bertz CT molecular complexity index is 287. The first kappa shape index (κ1) is 15.3. The van der Waals surface area contributed by atoms with Crippen LogP contribution in [0.3, 0.4) is 0 Å². The molecule has 1 saturated heterocycles. The van der Waals surface area contributed by atoms with Crippen molar-refractivity contribution in [3.05, 3.63) is 0 Å². The Kier molecular flexibility index (Phi) is 4.94. The van der Waals surface area contributed by atoms with Crippen molar-refractivity contribution >= 4 is 0 Å². The lowest BCUT2D eigenvalue weighted by molar-refractivity contribution is 0.0113. The normalized spacial score (nSPS) is 36.9. The van der Waals surface area contributed by atoms with Crippen LogP contribution in [0.15, 0.2) is 0 Å². The van der Waals surface area contributed by atoms with E-state index < -0.39 is 0 Å². The highest BCUT2D eigenvalue weighted by atomic mass is 15.2. The van der Waals surface area contributed by atoms with Gasteiger partial charge in [-0.3, -0.25) is 4.90 Å². The first-order chi connectivity index (χ1) is 9.01. The molecule has 1 aliphatic carbocycles. The molecule has 1 saturated carbocycles. The number of likely N-dealkylation sites (tertiary alicyclic amines) is 1. The van der Waals surface area contributed by atoms with Crippen LogP contribution in [0.1, 0.15) is 72.1 Å². The van der Waals surface area contributed by atoms with Gasteiger partial charge in [0.1, 0.15) is 0 Å². The van der Waals surface area contributed by atoms with E-state index in [1.165, 1.54) is 64.5 Å². The van der Waals surface area contributed by atoms with Gasteiger partial charge in [-0.1, -0.05) is 33.6 Å². The highest BCUT2D eigenvalue weighted by molar-refractivity contribution is 4.99. The van der Waals surface area contributed by atoms with E-state index >= 15 is 0 Å². The maximum absolute atomic E-state index is 6.27. The van der Waals surface area contributed by atoms with Gasteiger partial charge >= 0.3 is 0 Å². The molecule has 0 bridgehead atoms. The van der Waals surface area contributed by atoms with Crippen LogP contribution in [0.4, 0.5) is 0 Å². The van der Waals surface area contributed by atoms with Gasteiger partial charge in [0.2, 0.25) is 0 Å². The molecule has 2 N–H and O–H groups in total. The predicted octanol–water partition coefficient (Wildman–Crippen LogP) is 3.80. The van der Waals surface area contributed by atoms with Crippen LogP contribution in [0.25, 0.3) is 0 Å². The maximum atomic E-state index is 6.27. The highest BCUT2D eigenvalue weighted by Crippen LogP contribution is 2.44. The van der Waals surface area contributed by atoms with Crippen LogP contribution in [0.5, 0.6) is 0 Å². The van der Waals surface area contributed by atoms with E-state index in [1.807, 2.05) is 0 Å². The van der Waals surface area contributed by atoms with Crippen molar-refractivity contribution in [3.8, 4) is 0 Å². The molecule has 0 aromatic carbocycles. The van der Waals surface area contributed by atoms with E-state index in [2.05, 4.69) is 25.7 Å². The second-order valence-corrected chi connectivity index (χ2v) is 7.82. The van der Waals surface area contributed by atoms with Crippen molar-refractivity contribution < 1.29 is 0 Å². The molecule has 0 aromatic rings. The SMILES string of the molecule is CCC1CCCN(C2(CN)CCCC(C)(C)C2)CC1. The summed E-state index contributed by atoms with van der Waals surface area (Å²) in [6.45, 7) is 10.6. The van der Waals surface area contributed by atoms with Gasteiger partial charge in [-0.05, 0) is 62.9 Å². The molecule has 2 fully saturated rings. The fourth-order valence-corrected chi connectivity index (χ4v) is 4.58. The third kappa shape index (κ3) is 3.52. The minimum absolute atomic E-state index is 0.310. The summed E-state index contributed by atoms with van der Waals surface area (Å²) in [5.41, 5.74) is 7.06. The van der Waals surface area contributed by atoms with E-state index in [4.69, 9.17) is 5.73 Å². The smallest absolute Gasteiger partial charge is 0.0336 e. The zero-order valence-electron chi connectivity index (χ0n) is 13.4. The molecule has 2 heteroatoms. The molecule has 0 spiro atoms. The van der Waals surface area contributed by atoms with E-state index in [-0.39, 0.29) is 0 Å². The molecule has 0 aromatic heterocycles. The first-order valence-corrected chi connectivity index (χ1v) is 8.46.